The first-order chi connectivity index (χ1) is 16.9. The summed E-state index contributed by atoms with van der Waals surface area (Å²) in [6.07, 6.45) is 8.87. The Bertz CT molecular complexity index is 801. The molecule has 2 amide bonds. The summed E-state index contributed by atoms with van der Waals surface area (Å²) >= 11 is 0. The monoisotopic (exact) mass is 490 g/mol. The van der Waals surface area contributed by atoms with Gasteiger partial charge in [-0.2, -0.15) is 0 Å². The maximum atomic E-state index is 14.1. The fourth-order valence-electron chi connectivity index (χ4n) is 6.20. The minimum atomic E-state index is -1.04. The van der Waals surface area contributed by atoms with Crippen molar-refractivity contribution in [1.82, 2.24) is 9.80 Å². The normalized spacial score (nSPS) is 29.7. The van der Waals surface area contributed by atoms with Gasteiger partial charge in [0, 0.05) is 25.7 Å². The van der Waals surface area contributed by atoms with E-state index in [1.807, 2.05) is 13.0 Å². The number of rotatable bonds is 15. The molecule has 0 aromatic carbocycles. The number of carbonyl (C=O) groups is 3. The highest BCUT2D eigenvalue weighted by Crippen LogP contribution is 2.58. The molecule has 3 fully saturated rings. The van der Waals surface area contributed by atoms with Gasteiger partial charge < -0.3 is 24.4 Å². The maximum absolute atomic E-state index is 14.1. The lowest BCUT2D eigenvalue weighted by molar-refractivity contribution is -0.155. The number of hydrogen-bond acceptors (Lipinski definition) is 6. The van der Waals surface area contributed by atoms with E-state index in [9.17, 15) is 19.5 Å². The van der Waals surface area contributed by atoms with Gasteiger partial charge in [0.15, 0.2) is 0 Å². The number of aliphatic hydroxyl groups excluding tert-OH is 1. The summed E-state index contributed by atoms with van der Waals surface area (Å²) in [7, 11) is 0. The van der Waals surface area contributed by atoms with Crippen molar-refractivity contribution in [3.05, 3.63) is 25.3 Å². The van der Waals surface area contributed by atoms with Gasteiger partial charge in [0.25, 0.3) is 0 Å². The Balaban J connectivity index is 1.88. The van der Waals surface area contributed by atoms with Crippen molar-refractivity contribution in [3.8, 4) is 0 Å². The smallest absolute Gasteiger partial charge is 0.312 e. The molecule has 3 saturated heterocycles. The summed E-state index contributed by atoms with van der Waals surface area (Å²) in [5.74, 6) is -2.26. The first-order valence-corrected chi connectivity index (χ1v) is 13.2. The van der Waals surface area contributed by atoms with Gasteiger partial charge in [0.2, 0.25) is 11.8 Å². The number of esters is 1. The topological polar surface area (TPSA) is 96.4 Å². The molecule has 0 aliphatic carbocycles. The summed E-state index contributed by atoms with van der Waals surface area (Å²) < 4.78 is 12.0. The highest BCUT2D eigenvalue weighted by atomic mass is 16.6. The van der Waals surface area contributed by atoms with E-state index in [0.29, 0.717) is 32.4 Å². The van der Waals surface area contributed by atoms with Crippen LogP contribution in [0.4, 0.5) is 0 Å². The molecule has 8 nitrogen and oxygen atoms in total. The first-order valence-electron chi connectivity index (χ1n) is 13.2. The van der Waals surface area contributed by atoms with Crippen LogP contribution in [-0.2, 0) is 23.9 Å². The molecule has 3 aliphatic rings. The van der Waals surface area contributed by atoms with Crippen LogP contribution in [0.5, 0.6) is 0 Å². The number of likely N-dealkylation sites (tertiary alicyclic amines) is 1. The summed E-state index contributed by atoms with van der Waals surface area (Å²) in [6, 6.07) is -0.841. The fraction of sp³-hybridized carbons (Fsp3) is 0.741. The zero-order valence-corrected chi connectivity index (χ0v) is 21.3. The molecule has 0 radical (unpaired) electrons. The Morgan fingerprint density at radius 3 is 2.74 bits per heavy atom. The predicted molar refractivity (Wildman–Crippen MR) is 132 cm³/mol. The van der Waals surface area contributed by atoms with Crippen molar-refractivity contribution < 1.29 is 29.0 Å². The van der Waals surface area contributed by atoms with Crippen molar-refractivity contribution in [2.45, 2.75) is 89.0 Å². The molecule has 6 atom stereocenters. The van der Waals surface area contributed by atoms with Gasteiger partial charge >= 0.3 is 5.97 Å². The highest BCUT2D eigenvalue weighted by molar-refractivity contribution is 5.98. The molecule has 3 unspecified atom stereocenters. The van der Waals surface area contributed by atoms with Crippen LogP contribution in [0.25, 0.3) is 0 Å². The van der Waals surface area contributed by atoms with E-state index in [0.717, 1.165) is 32.1 Å². The van der Waals surface area contributed by atoms with E-state index in [2.05, 4.69) is 20.1 Å². The van der Waals surface area contributed by atoms with E-state index in [-0.39, 0.29) is 31.0 Å². The number of aliphatic hydroxyl groups is 1. The molecule has 0 aromatic rings. The standard InChI is InChI=1S/C27H42N2O6/c1-5-8-9-10-18-34-26(33)21-20-13-14-27(35-20)22(21)24(31)29(16-11-17-30)23(27)25(32)28(15-7-3)19(4)12-6-2/h5,7,19-23,30H,1,3,6,8-18H2,2,4H3/t19?,20-,21+,22+,23?,27?/m1/s1. The zero-order valence-electron chi connectivity index (χ0n) is 21.3. The third kappa shape index (κ3) is 5.19. The molecule has 1 N–H and O–H groups in total. The van der Waals surface area contributed by atoms with Gasteiger partial charge in [-0.25, -0.2) is 0 Å². The second-order valence-corrected chi connectivity index (χ2v) is 10.0. The van der Waals surface area contributed by atoms with Crippen LogP contribution in [0.2, 0.25) is 0 Å². The van der Waals surface area contributed by atoms with Crippen molar-refractivity contribution >= 4 is 17.8 Å². The minimum absolute atomic E-state index is 0.0225. The van der Waals surface area contributed by atoms with E-state index < -0.39 is 35.6 Å². The molecular weight excluding hydrogens is 448 g/mol. The second kappa shape index (κ2) is 12.2. The van der Waals surface area contributed by atoms with Gasteiger partial charge in [-0.1, -0.05) is 25.5 Å². The largest absolute Gasteiger partial charge is 0.465 e. The molecule has 0 saturated carbocycles. The highest BCUT2D eigenvalue weighted by Gasteiger charge is 2.75. The van der Waals surface area contributed by atoms with Crippen molar-refractivity contribution in [2.75, 3.05) is 26.3 Å². The second-order valence-electron chi connectivity index (χ2n) is 10.0. The Morgan fingerprint density at radius 1 is 1.31 bits per heavy atom. The van der Waals surface area contributed by atoms with E-state index in [1.54, 1.807) is 15.9 Å². The molecule has 35 heavy (non-hydrogen) atoms. The number of unbranched alkanes of at least 4 members (excludes halogenated alkanes) is 2. The molecule has 3 rings (SSSR count). The average Bonchev–Trinajstić information content (AvgIpc) is 3.48. The van der Waals surface area contributed by atoms with Crippen molar-refractivity contribution in [1.29, 1.82) is 0 Å². The molecule has 2 bridgehead atoms. The van der Waals surface area contributed by atoms with Crippen LogP contribution in [-0.4, -0.2) is 82.8 Å². The molecule has 3 aliphatic heterocycles. The molecule has 196 valence electrons. The fourth-order valence-corrected chi connectivity index (χ4v) is 6.20. The number of carbonyl (C=O) groups excluding carboxylic acids is 3. The number of nitrogens with zero attached hydrogens (tertiary/aromatic N) is 2. The zero-order chi connectivity index (χ0) is 25.6. The first kappa shape index (κ1) is 27.4. The molecule has 3 heterocycles. The molecule has 1 spiro atoms. The van der Waals surface area contributed by atoms with Gasteiger partial charge in [-0.05, 0) is 51.9 Å². The van der Waals surface area contributed by atoms with Gasteiger partial charge in [-0.3, -0.25) is 14.4 Å². The Hall–Kier alpha value is -2.19. The van der Waals surface area contributed by atoms with E-state index in [1.165, 1.54) is 0 Å². The third-order valence-corrected chi connectivity index (χ3v) is 7.76. The molecular formula is C27H42N2O6. The Kier molecular flexibility index (Phi) is 9.53. The third-order valence-electron chi connectivity index (χ3n) is 7.76. The van der Waals surface area contributed by atoms with Crippen molar-refractivity contribution in [3.63, 3.8) is 0 Å². The van der Waals surface area contributed by atoms with Crippen molar-refractivity contribution in [2.24, 2.45) is 11.8 Å². The molecule has 0 aromatic heterocycles. The van der Waals surface area contributed by atoms with Crippen LogP contribution in [0.1, 0.15) is 65.2 Å². The lowest BCUT2D eigenvalue weighted by Gasteiger charge is -2.38. The van der Waals surface area contributed by atoms with Crippen LogP contribution in [0.15, 0.2) is 25.3 Å². The summed E-state index contributed by atoms with van der Waals surface area (Å²) in [6.45, 7) is 12.4. The van der Waals surface area contributed by atoms with Gasteiger partial charge in [0.05, 0.1) is 24.5 Å². The SMILES string of the molecule is C=CCCCCOC(=O)[C@@H]1[C@H]2C(=O)N(CCCO)C(C(=O)N(CC=C)C(C)CCC)C23CC[C@H]1O3. The van der Waals surface area contributed by atoms with Crippen LogP contribution in [0.3, 0.4) is 0 Å². The van der Waals surface area contributed by atoms with E-state index >= 15 is 0 Å². The summed E-state index contributed by atoms with van der Waals surface area (Å²) in [4.78, 5) is 44.3. The molecule has 8 heteroatoms. The maximum Gasteiger partial charge on any atom is 0.312 e. The quantitative estimate of drug-likeness (QED) is 0.215. The lowest BCUT2D eigenvalue weighted by Crippen LogP contribution is -2.58. The van der Waals surface area contributed by atoms with Crippen LogP contribution in [0, 0.1) is 11.8 Å². The van der Waals surface area contributed by atoms with Crippen LogP contribution < -0.4 is 0 Å². The van der Waals surface area contributed by atoms with Gasteiger partial charge in [-0.15, -0.1) is 13.2 Å². The number of allylic oxidation sites excluding steroid dienone is 1. The van der Waals surface area contributed by atoms with E-state index in [4.69, 9.17) is 9.47 Å². The predicted octanol–water partition coefficient (Wildman–Crippen LogP) is 2.85. The number of fused-ring (bicyclic) bond motifs is 1. The lowest BCUT2D eigenvalue weighted by atomic mass is 9.70. The minimum Gasteiger partial charge on any atom is -0.465 e. The number of hydrogen-bond donors (Lipinski definition) is 1. The number of ether oxygens (including phenoxy) is 2. The summed E-state index contributed by atoms with van der Waals surface area (Å²) in [5, 5.41) is 9.46. The average molecular weight is 491 g/mol. The Morgan fingerprint density at radius 2 is 2.09 bits per heavy atom. The number of amides is 2. The Labute approximate surface area is 209 Å². The van der Waals surface area contributed by atoms with Gasteiger partial charge in [0.1, 0.15) is 11.6 Å². The van der Waals surface area contributed by atoms with Crippen LogP contribution >= 0.6 is 0 Å². The summed E-state index contributed by atoms with van der Waals surface area (Å²) in [5.41, 5.74) is -1.04.